The van der Waals surface area contributed by atoms with Crippen molar-refractivity contribution in [2.45, 2.75) is 19.2 Å². The van der Waals surface area contributed by atoms with Gasteiger partial charge in [0.05, 0.1) is 5.02 Å². The van der Waals surface area contributed by atoms with Crippen molar-refractivity contribution in [3.63, 3.8) is 0 Å². The van der Waals surface area contributed by atoms with Crippen molar-refractivity contribution in [1.82, 2.24) is 9.78 Å². The van der Waals surface area contributed by atoms with Crippen LogP contribution in [0.25, 0.3) is 0 Å². The summed E-state index contributed by atoms with van der Waals surface area (Å²) in [6.07, 6.45) is 1.23. The van der Waals surface area contributed by atoms with E-state index in [9.17, 15) is 22.7 Å². The van der Waals surface area contributed by atoms with Crippen LogP contribution in [0.2, 0.25) is 5.02 Å². The summed E-state index contributed by atoms with van der Waals surface area (Å²) in [7, 11) is 0. The molecule has 6 nitrogen and oxygen atoms in total. The van der Waals surface area contributed by atoms with Crippen molar-refractivity contribution < 1.29 is 17.9 Å². The molecule has 0 aliphatic heterocycles. The molecule has 0 aliphatic rings. The van der Waals surface area contributed by atoms with Gasteiger partial charge in [-0.3, -0.25) is 18.5 Å². The van der Waals surface area contributed by atoms with E-state index in [4.69, 9.17) is 11.6 Å². The summed E-state index contributed by atoms with van der Waals surface area (Å²) in [6, 6.07) is 2.37. The molecule has 1 aromatic carbocycles. The Labute approximate surface area is 132 Å². The maximum Gasteiger partial charge on any atom is 0.277 e. The number of aromatic amines is 1. The summed E-state index contributed by atoms with van der Waals surface area (Å²) in [6.45, 7) is 2.07. The molecule has 1 aromatic heterocycles. The zero-order chi connectivity index (χ0) is 16.4. The van der Waals surface area contributed by atoms with Gasteiger partial charge in [0.25, 0.3) is 5.56 Å². The van der Waals surface area contributed by atoms with E-state index in [1.807, 2.05) is 0 Å². The van der Waals surface area contributed by atoms with E-state index in [-0.39, 0.29) is 16.7 Å². The lowest BCUT2D eigenvalue weighted by Crippen LogP contribution is -2.21. The lowest BCUT2D eigenvalue weighted by molar-refractivity contribution is 0.103. The molecule has 0 bridgehead atoms. The van der Waals surface area contributed by atoms with Crippen LogP contribution in [-0.4, -0.2) is 24.3 Å². The van der Waals surface area contributed by atoms with Gasteiger partial charge in [-0.05, 0) is 13.0 Å². The molecule has 0 radical (unpaired) electrons. The number of rotatable bonds is 5. The Morgan fingerprint density at radius 2 is 2.14 bits per heavy atom. The van der Waals surface area contributed by atoms with E-state index >= 15 is 0 Å². The maximum atomic E-state index is 14.0. The number of carbonyl (C=O) groups is 1. The van der Waals surface area contributed by atoms with Crippen LogP contribution in [0.3, 0.4) is 0 Å². The molecule has 1 unspecified atom stereocenters. The number of H-pyrrole nitrogens is 1. The number of hydrogen-bond acceptors (Lipinski definition) is 4. The summed E-state index contributed by atoms with van der Waals surface area (Å²) in [5, 5.41) is 2.11. The third kappa shape index (κ3) is 3.03. The predicted octanol–water partition coefficient (Wildman–Crippen LogP) is 1.60. The molecule has 1 heterocycles. The predicted molar refractivity (Wildman–Crippen MR) is 78.2 cm³/mol. The average molecular weight is 346 g/mol. The number of carbonyl (C=O) groups excluding carboxylic acids is 1. The van der Waals surface area contributed by atoms with E-state index in [1.165, 1.54) is 16.9 Å². The summed E-state index contributed by atoms with van der Waals surface area (Å²) in [4.78, 5) is 24.2. The van der Waals surface area contributed by atoms with Crippen LogP contribution in [0.4, 0.5) is 4.39 Å². The lowest BCUT2D eigenvalue weighted by Gasteiger charge is -2.09. The van der Waals surface area contributed by atoms with E-state index in [0.29, 0.717) is 6.54 Å². The van der Waals surface area contributed by atoms with Gasteiger partial charge in [0, 0.05) is 29.6 Å². The van der Waals surface area contributed by atoms with Gasteiger partial charge in [-0.2, -0.15) is 0 Å². The molecule has 0 saturated heterocycles. The summed E-state index contributed by atoms with van der Waals surface area (Å²) in [5.74, 6) is -2.26. The van der Waals surface area contributed by atoms with Crippen molar-refractivity contribution in [3.05, 3.63) is 56.2 Å². The first-order chi connectivity index (χ1) is 10.4. The lowest BCUT2D eigenvalue weighted by atomic mass is 10.0. The van der Waals surface area contributed by atoms with Crippen LogP contribution >= 0.6 is 11.6 Å². The van der Waals surface area contributed by atoms with Gasteiger partial charge in [0.2, 0.25) is 5.78 Å². The molecule has 0 saturated carbocycles. The SMILES string of the molecule is CCn1[nH]cc(C(=O)c2ccc(CS(=O)[O-])c(F)c2Cl)c1=O. The second-order valence-corrected chi connectivity index (χ2v) is 5.69. The monoisotopic (exact) mass is 345 g/mol. The Balaban J connectivity index is 2.46. The molecule has 22 heavy (non-hydrogen) atoms. The fraction of sp³-hybridized carbons (Fsp3) is 0.231. The van der Waals surface area contributed by atoms with Crippen LogP contribution in [-0.2, 0) is 23.4 Å². The van der Waals surface area contributed by atoms with Gasteiger partial charge in [0.15, 0.2) is 0 Å². The Hall–Kier alpha value is -1.77. The summed E-state index contributed by atoms with van der Waals surface area (Å²) in [5.41, 5.74) is -1.04. The Morgan fingerprint density at radius 1 is 1.45 bits per heavy atom. The summed E-state index contributed by atoms with van der Waals surface area (Å²) < 4.78 is 36.5. The number of aryl methyl sites for hydroxylation is 1. The first-order valence-electron chi connectivity index (χ1n) is 6.22. The molecular weight excluding hydrogens is 335 g/mol. The van der Waals surface area contributed by atoms with Crippen molar-refractivity contribution >= 4 is 28.5 Å². The fourth-order valence-electron chi connectivity index (χ4n) is 1.95. The van der Waals surface area contributed by atoms with Gasteiger partial charge in [-0.15, -0.1) is 0 Å². The normalized spacial score (nSPS) is 12.4. The van der Waals surface area contributed by atoms with Gasteiger partial charge < -0.3 is 9.65 Å². The Morgan fingerprint density at radius 3 is 2.68 bits per heavy atom. The highest BCUT2D eigenvalue weighted by molar-refractivity contribution is 7.78. The molecule has 0 spiro atoms. The minimum absolute atomic E-state index is 0.144. The Kier molecular flexibility index (Phi) is 4.94. The highest BCUT2D eigenvalue weighted by Gasteiger charge is 2.21. The van der Waals surface area contributed by atoms with Gasteiger partial charge in [-0.25, -0.2) is 4.39 Å². The topological polar surface area (TPSA) is 95.0 Å². The van der Waals surface area contributed by atoms with Crippen molar-refractivity contribution in [3.8, 4) is 0 Å². The molecule has 9 heteroatoms. The minimum atomic E-state index is -2.48. The zero-order valence-electron chi connectivity index (χ0n) is 11.4. The van der Waals surface area contributed by atoms with Crippen LogP contribution in [0, 0.1) is 5.82 Å². The number of aromatic nitrogens is 2. The smallest absolute Gasteiger partial charge is 0.277 e. The summed E-state index contributed by atoms with van der Waals surface area (Å²) >= 11 is 3.32. The number of nitrogens with one attached hydrogen (secondary N) is 1. The number of nitrogens with zero attached hydrogens (tertiary/aromatic N) is 1. The van der Waals surface area contributed by atoms with Crippen molar-refractivity contribution in [2.75, 3.05) is 0 Å². The molecule has 118 valence electrons. The minimum Gasteiger partial charge on any atom is -0.772 e. The van der Waals surface area contributed by atoms with Gasteiger partial charge >= 0.3 is 0 Å². The molecule has 2 aromatic rings. The number of hydrogen-bond donors (Lipinski definition) is 1. The average Bonchev–Trinajstić information content (AvgIpc) is 2.84. The molecule has 2 rings (SSSR count). The molecule has 0 aliphatic carbocycles. The third-order valence-electron chi connectivity index (χ3n) is 3.08. The quantitative estimate of drug-likeness (QED) is 0.657. The van der Waals surface area contributed by atoms with E-state index in [2.05, 4.69) is 5.10 Å². The van der Waals surface area contributed by atoms with Crippen LogP contribution in [0.1, 0.15) is 28.4 Å². The molecular formula is C13H11ClFN2O4S-. The third-order valence-corrected chi connectivity index (χ3v) is 4.00. The van der Waals surface area contributed by atoms with E-state index < -0.39 is 39.0 Å². The van der Waals surface area contributed by atoms with Crippen molar-refractivity contribution in [1.29, 1.82) is 0 Å². The van der Waals surface area contributed by atoms with E-state index in [0.717, 1.165) is 6.07 Å². The first kappa shape index (κ1) is 16.6. The number of ketones is 1. The second-order valence-electron chi connectivity index (χ2n) is 4.41. The van der Waals surface area contributed by atoms with Crippen LogP contribution in [0.15, 0.2) is 23.1 Å². The first-order valence-corrected chi connectivity index (χ1v) is 7.84. The largest absolute Gasteiger partial charge is 0.772 e. The number of benzene rings is 1. The van der Waals surface area contributed by atoms with Crippen LogP contribution in [0.5, 0.6) is 0 Å². The molecule has 1 N–H and O–H groups in total. The molecule has 0 fully saturated rings. The zero-order valence-corrected chi connectivity index (χ0v) is 13.0. The van der Waals surface area contributed by atoms with Crippen LogP contribution < -0.4 is 5.56 Å². The van der Waals surface area contributed by atoms with Gasteiger partial charge in [-0.1, -0.05) is 28.7 Å². The van der Waals surface area contributed by atoms with Crippen molar-refractivity contribution in [2.24, 2.45) is 0 Å². The van der Waals surface area contributed by atoms with Gasteiger partial charge in [0.1, 0.15) is 11.4 Å². The highest BCUT2D eigenvalue weighted by Crippen LogP contribution is 2.25. The second kappa shape index (κ2) is 6.55. The molecule has 0 amide bonds. The maximum absolute atomic E-state index is 14.0. The molecule has 1 atom stereocenters. The fourth-order valence-corrected chi connectivity index (χ4v) is 2.70. The standard InChI is InChI=1S/C13H12ClFN2O4S/c1-2-17-13(19)9(5-16-17)12(18)8-4-3-7(6-22(20)21)11(15)10(8)14/h3-5,16H,2,6H2,1H3,(H,20,21)/p-1. The number of halogens is 2. The van der Waals surface area contributed by atoms with E-state index in [1.54, 1.807) is 6.92 Å². The Bertz CT molecular complexity index is 815. The highest BCUT2D eigenvalue weighted by atomic mass is 35.5.